The van der Waals surface area contributed by atoms with Crippen LogP contribution in [0, 0.1) is 5.41 Å². The van der Waals surface area contributed by atoms with Gasteiger partial charge in [-0.15, -0.1) is 0 Å². The van der Waals surface area contributed by atoms with E-state index in [9.17, 15) is 0 Å². The average molecular weight is 139 g/mol. The van der Waals surface area contributed by atoms with Crippen molar-refractivity contribution < 1.29 is 1.37 Å². The number of hydrogen-bond acceptors (Lipinski definition) is 0. The molecule has 0 radical (unpaired) electrons. The Morgan fingerprint density at radius 3 is 1.90 bits per heavy atom. The van der Waals surface area contributed by atoms with Crippen molar-refractivity contribution in [3.05, 3.63) is 0 Å². The van der Waals surface area contributed by atoms with Crippen LogP contribution in [0.2, 0.25) is 0 Å². The van der Waals surface area contributed by atoms with Gasteiger partial charge in [0.25, 0.3) is 0 Å². The zero-order chi connectivity index (χ0) is 7.73. The third-order valence-electron chi connectivity index (χ3n) is 3.42. The first-order chi connectivity index (χ1) is 5.31. The van der Waals surface area contributed by atoms with Gasteiger partial charge in [0.05, 0.1) is 0 Å². The Bertz CT molecular complexity index is 126. The van der Waals surface area contributed by atoms with E-state index >= 15 is 0 Å². The van der Waals surface area contributed by atoms with Gasteiger partial charge in [-0.25, -0.2) is 0 Å². The van der Waals surface area contributed by atoms with Crippen molar-refractivity contribution in [1.82, 2.24) is 0 Å². The van der Waals surface area contributed by atoms with Gasteiger partial charge >= 0.3 is 0 Å². The quantitative estimate of drug-likeness (QED) is 0.481. The topological polar surface area (TPSA) is 0 Å². The molecule has 0 heteroatoms. The van der Waals surface area contributed by atoms with Crippen molar-refractivity contribution in [3.63, 3.8) is 0 Å². The molecular weight excluding hydrogens is 120 g/mol. The molecule has 0 heterocycles. The molecule has 0 aromatic carbocycles. The minimum Gasteiger partial charge on any atom is -0.0533 e. The lowest BCUT2D eigenvalue weighted by Gasteiger charge is -2.32. The van der Waals surface area contributed by atoms with E-state index in [0.29, 0.717) is 0 Å². The van der Waals surface area contributed by atoms with Gasteiger partial charge in [0.2, 0.25) is 0 Å². The lowest BCUT2D eigenvalue weighted by Crippen LogP contribution is -2.19. The van der Waals surface area contributed by atoms with Gasteiger partial charge in [0, 0.05) is 1.37 Å². The highest BCUT2D eigenvalue weighted by atomic mass is 14.4. The normalized spacial score (nSPS) is 34.6. The molecule has 1 spiro atoms. The third-order valence-corrected chi connectivity index (χ3v) is 3.42. The zero-order valence-corrected chi connectivity index (χ0v) is 6.73. The van der Waals surface area contributed by atoms with Gasteiger partial charge in [-0.2, -0.15) is 0 Å². The molecule has 2 saturated carbocycles. The lowest BCUT2D eigenvalue weighted by molar-refractivity contribution is 0.197. The molecule has 2 aliphatic rings. The van der Waals surface area contributed by atoms with Crippen molar-refractivity contribution in [2.45, 2.75) is 57.8 Å². The van der Waals surface area contributed by atoms with E-state index in [2.05, 4.69) is 0 Å². The maximum atomic E-state index is 7.62. The largest absolute Gasteiger partial charge is 0.0533 e. The molecule has 0 nitrogen and oxygen atoms in total. The molecule has 0 saturated heterocycles. The first-order valence-electron chi connectivity index (χ1n) is 5.31. The molecule has 2 fully saturated rings. The molecule has 2 rings (SSSR count). The molecule has 0 bridgehead atoms. The van der Waals surface area contributed by atoms with Crippen molar-refractivity contribution >= 4 is 0 Å². The summed E-state index contributed by atoms with van der Waals surface area (Å²) in [5, 5.41) is 0. The Balaban J connectivity index is 1.94. The van der Waals surface area contributed by atoms with Gasteiger partial charge in [0.1, 0.15) is 0 Å². The van der Waals surface area contributed by atoms with Crippen LogP contribution in [-0.4, -0.2) is 0 Å². The summed E-state index contributed by atoms with van der Waals surface area (Å²) in [4.78, 5) is 0. The van der Waals surface area contributed by atoms with Crippen LogP contribution in [-0.2, 0) is 0 Å². The molecule has 0 unspecified atom stereocenters. The summed E-state index contributed by atoms with van der Waals surface area (Å²) in [6, 6.07) is 0. The van der Waals surface area contributed by atoms with Crippen LogP contribution in [0.4, 0.5) is 0 Å². The molecule has 0 atom stereocenters. The van der Waals surface area contributed by atoms with Gasteiger partial charge in [0.15, 0.2) is 0 Å². The highest BCUT2D eigenvalue weighted by Crippen LogP contribution is 2.48. The van der Waals surface area contributed by atoms with Gasteiger partial charge < -0.3 is 0 Å². The third kappa shape index (κ3) is 1.09. The second-order valence-corrected chi connectivity index (χ2v) is 4.07. The van der Waals surface area contributed by atoms with E-state index in [1.165, 1.54) is 51.4 Å². The summed E-state index contributed by atoms with van der Waals surface area (Å²) in [6.45, 7) is 0. The Labute approximate surface area is 65.4 Å². The second kappa shape index (κ2) is 2.56. The lowest BCUT2D eigenvalue weighted by atomic mass is 9.73. The number of hydrogen-bond donors (Lipinski definition) is 0. The highest BCUT2D eigenvalue weighted by Gasteiger charge is 2.34. The number of rotatable bonds is 0. The maximum Gasteiger partial charge on any atom is 0.0267 e. The molecule has 0 aromatic rings. The van der Waals surface area contributed by atoms with Crippen molar-refractivity contribution in [2.24, 2.45) is 5.41 Å². The molecule has 0 amide bonds. The summed E-state index contributed by atoms with van der Waals surface area (Å²) in [5.74, 6) is 0. The Morgan fingerprint density at radius 1 is 0.800 bits per heavy atom. The predicted octanol–water partition coefficient (Wildman–Crippen LogP) is 3.51. The minimum absolute atomic E-state index is 0.279. The van der Waals surface area contributed by atoms with E-state index in [1.54, 1.807) is 0 Å². The van der Waals surface area contributed by atoms with E-state index in [4.69, 9.17) is 1.37 Å². The van der Waals surface area contributed by atoms with E-state index < -0.39 is 0 Å². The summed E-state index contributed by atoms with van der Waals surface area (Å²) in [5.41, 5.74) is 0.734. The highest BCUT2D eigenvalue weighted by molar-refractivity contribution is 4.86. The summed E-state index contributed by atoms with van der Waals surface area (Å²) in [6.07, 6.45) is 11.2. The Kier molecular flexibility index (Phi) is 1.44. The molecule has 10 heavy (non-hydrogen) atoms. The fourth-order valence-electron chi connectivity index (χ4n) is 2.71. The van der Waals surface area contributed by atoms with Gasteiger partial charge in [-0.05, 0) is 31.1 Å². The predicted molar refractivity (Wildman–Crippen MR) is 44.0 cm³/mol. The fourth-order valence-corrected chi connectivity index (χ4v) is 2.71. The minimum atomic E-state index is 0.279. The summed E-state index contributed by atoms with van der Waals surface area (Å²) >= 11 is 0. The van der Waals surface area contributed by atoms with Crippen LogP contribution in [0.25, 0.3) is 0 Å². The van der Waals surface area contributed by atoms with Crippen molar-refractivity contribution in [2.75, 3.05) is 0 Å². The van der Waals surface area contributed by atoms with Gasteiger partial charge in [-0.1, -0.05) is 32.1 Å². The van der Waals surface area contributed by atoms with E-state index in [0.717, 1.165) is 5.41 Å². The summed E-state index contributed by atoms with van der Waals surface area (Å²) in [7, 11) is 0. The fraction of sp³-hybridized carbons (Fsp3) is 1.00. The van der Waals surface area contributed by atoms with Crippen LogP contribution in [0.3, 0.4) is 0 Å². The van der Waals surface area contributed by atoms with E-state index in [1.807, 2.05) is 0 Å². The molecule has 58 valence electrons. The van der Waals surface area contributed by atoms with Crippen molar-refractivity contribution in [1.29, 1.82) is 0 Å². The van der Waals surface area contributed by atoms with Crippen LogP contribution in [0.15, 0.2) is 0 Å². The molecule has 2 aliphatic carbocycles. The van der Waals surface area contributed by atoms with Crippen LogP contribution < -0.4 is 0 Å². The molecule has 0 aromatic heterocycles. The first-order valence-corrected chi connectivity index (χ1v) is 4.73. The monoisotopic (exact) mass is 139 g/mol. The molecule has 0 N–H and O–H groups in total. The Hall–Kier alpha value is 0. The molecular formula is C10H18. The van der Waals surface area contributed by atoms with Crippen LogP contribution in [0.1, 0.15) is 59.1 Å². The SMILES string of the molecule is [2H]C1CCC2(CCCC2)CC1. The Morgan fingerprint density at radius 2 is 1.30 bits per heavy atom. The van der Waals surface area contributed by atoms with E-state index in [-0.39, 0.29) is 6.40 Å². The van der Waals surface area contributed by atoms with Crippen molar-refractivity contribution in [3.8, 4) is 0 Å². The second-order valence-electron chi connectivity index (χ2n) is 4.07. The maximum absolute atomic E-state index is 7.62. The summed E-state index contributed by atoms with van der Waals surface area (Å²) < 4.78 is 7.62. The molecule has 0 aliphatic heterocycles. The zero-order valence-electron chi connectivity index (χ0n) is 7.73. The standard InChI is InChI=1S/C10H18/c1-2-6-10(7-3-1)8-4-5-9-10/h1-9H2/i1D. The van der Waals surface area contributed by atoms with Crippen LogP contribution >= 0.6 is 0 Å². The van der Waals surface area contributed by atoms with Crippen LogP contribution in [0.5, 0.6) is 0 Å². The van der Waals surface area contributed by atoms with Gasteiger partial charge in [-0.3, -0.25) is 0 Å². The first kappa shape index (κ1) is 5.62. The smallest absolute Gasteiger partial charge is 0.0267 e. The average Bonchev–Trinajstić information content (AvgIpc) is 2.45.